The average Bonchev–Trinajstić information content (AvgIpc) is 2.34. The van der Waals surface area contributed by atoms with E-state index in [0.29, 0.717) is 6.42 Å². The van der Waals surface area contributed by atoms with Gasteiger partial charge in [-0.25, -0.2) is 0 Å². The Morgan fingerprint density at radius 2 is 1.94 bits per heavy atom. The van der Waals surface area contributed by atoms with Crippen molar-refractivity contribution in [3.8, 4) is 0 Å². The fourth-order valence-corrected chi connectivity index (χ4v) is 1.52. The molecule has 0 aromatic heterocycles. The fourth-order valence-electron chi connectivity index (χ4n) is 1.52. The zero-order chi connectivity index (χ0) is 12.7. The molecule has 0 heterocycles. The summed E-state index contributed by atoms with van der Waals surface area (Å²) in [7, 11) is 0. The molecule has 1 aromatic rings. The maximum Gasteiger partial charge on any atom is 0.303 e. The van der Waals surface area contributed by atoms with E-state index in [1.165, 1.54) is 11.1 Å². The van der Waals surface area contributed by atoms with E-state index in [1.54, 1.807) is 0 Å². The van der Waals surface area contributed by atoms with Crippen LogP contribution in [0.3, 0.4) is 0 Å². The van der Waals surface area contributed by atoms with Crippen molar-refractivity contribution in [1.29, 1.82) is 0 Å². The summed E-state index contributed by atoms with van der Waals surface area (Å²) < 4.78 is 0. The highest BCUT2D eigenvalue weighted by atomic mass is 16.4. The molecule has 1 aromatic carbocycles. The molecule has 0 aliphatic heterocycles. The first-order valence-electron chi connectivity index (χ1n) is 5.74. The Balaban J connectivity index is 2.70. The van der Waals surface area contributed by atoms with Crippen molar-refractivity contribution < 1.29 is 9.90 Å². The van der Waals surface area contributed by atoms with E-state index in [1.807, 2.05) is 43.3 Å². The molecule has 0 aliphatic rings. The summed E-state index contributed by atoms with van der Waals surface area (Å²) in [6, 6.07) is 8.05. The third-order valence-electron chi connectivity index (χ3n) is 2.58. The Morgan fingerprint density at radius 3 is 2.47 bits per heavy atom. The van der Waals surface area contributed by atoms with Crippen LogP contribution in [0.4, 0.5) is 0 Å². The lowest BCUT2D eigenvalue weighted by Crippen LogP contribution is -1.97. The lowest BCUT2D eigenvalue weighted by molar-refractivity contribution is -0.136. The molecule has 0 spiro atoms. The second-order valence-electron chi connectivity index (χ2n) is 3.97. The Labute approximate surface area is 102 Å². The highest BCUT2D eigenvalue weighted by Gasteiger charge is 2.00. The van der Waals surface area contributed by atoms with Crippen molar-refractivity contribution >= 4 is 11.5 Å². The molecule has 17 heavy (non-hydrogen) atoms. The standard InChI is InChI=1S/C15H18O2/c1-3-4-5-12(2)14-9-6-13(7-10-14)8-11-15(16)17/h3-7,9-10H,8,11H2,1-2H3,(H,16,17)/b4-3-,12-5+. The quantitative estimate of drug-likeness (QED) is 0.783. The molecule has 0 bridgehead atoms. The summed E-state index contributed by atoms with van der Waals surface area (Å²) in [5.74, 6) is -0.752. The van der Waals surface area contributed by atoms with Crippen LogP contribution in [-0.4, -0.2) is 11.1 Å². The van der Waals surface area contributed by atoms with Crippen LogP contribution in [0.2, 0.25) is 0 Å². The smallest absolute Gasteiger partial charge is 0.303 e. The zero-order valence-corrected chi connectivity index (χ0v) is 10.3. The van der Waals surface area contributed by atoms with Gasteiger partial charge in [0.1, 0.15) is 0 Å². The van der Waals surface area contributed by atoms with Crippen LogP contribution in [0.1, 0.15) is 31.4 Å². The Morgan fingerprint density at radius 1 is 1.29 bits per heavy atom. The van der Waals surface area contributed by atoms with E-state index < -0.39 is 5.97 Å². The SMILES string of the molecule is C/C=C\C=C(/C)c1ccc(CCC(=O)O)cc1. The third kappa shape index (κ3) is 4.68. The number of allylic oxidation sites excluding steroid dienone is 4. The summed E-state index contributed by atoms with van der Waals surface area (Å²) in [4.78, 5) is 10.4. The zero-order valence-electron chi connectivity index (χ0n) is 10.3. The van der Waals surface area contributed by atoms with E-state index >= 15 is 0 Å². The van der Waals surface area contributed by atoms with Gasteiger partial charge in [0.05, 0.1) is 0 Å². The molecule has 2 nitrogen and oxygen atoms in total. The monoisotopic (exact) mass is 230 g/mol. The van der Waals surface area contributed by atoms with Gasteiger partial charge in [-0.3, -0.25) is 4.79 Å². The number of carboxylic acid groups (broad SMARTS) is 1. The lowest BCUT2D eigenvalue weighted by atomic mass is 10.0. The van der Waals surface area contributed by atoms with Gasteiger partial charge < -0.3 is 5.11 Å². The van der Waals surface area contributed by atoms with Crippen LogP contribution in [-0.2, 0) is 11.2 Å². The lowest BCUT2D eigenvalue weighted by Gasteiger charge is -2.03. The normalized spacial score (nSPS) is 12.0. The van der Waals surface area contributed by atoms with E-state index in [4.69, 9.17) is 5.11 Å². The molecule has 0 amide bonds. The molecule has 1 N–H and O–H groups in total. The maximum absolute atomic E-state index is 10.4. The van der Waals surface area contributed by atoms with Crippen molar-refractivity contribution in [3.63, 3.8) is 0 Å². The molecular formula is C15H18O2. The topological polar surface area (TPSA) is 37.3 Å². The van der Waals surface area contributed by atoms with Gasteiger partial charge in [-0.05, 0) is 37.0 Å². The Hall–Kier alpha value is -1.83. The summed E-state index contributed by atoms with van der Waals surface area (Å²) >= 11 is 0. The number of hydrogen-bond donors (Lipinski definition) is 1. The number of benzene rings is 1. The summed E-state index contributed by atoms with van der Waals surface area (Å²) in [6.07, 6.45) is 6.84. The van der Waals surface area contributed by atoms with Crippen molar-refractivity contribution in [1.82, 2.24) is 0 Å². The molecule has 0 fully saturated rings. The predicted octanol–water partition coefficient (Wildman–Crippen LogP) is 3.68. The van der Waals surface area contributed by atoms with Crippen LogP contribution in [0.25, 0.3) is 5.57 Å². The number of aliphatic carboxylic acids is 1. The first kappa shape index (κ1) is 13.2. The van der Waals surface area contributed by atoms with Gasteiger partial charge in [-0.1, -0.05) is 42.5 Å². The van der Waals surface area contributed by atoms with Crippen LogP contribution >= 0.6 is 0 Å². The maximum atomic E-state index is 10.4. The Bertz CT molecular complexity index is 425. The fraction of sp³-hybridized carbons (Fsp3) is 0.267. The highest BCUT2D eigenvalue weighted by Crippen LogP contribution is 2.15. The minimum Gasteiger partial charge on any atom is -0.481 e. The van der Waals surface area contributed by atoms with E-state index in [9.17, 15) is 4.79 Å². The van der Waals surface area contributed by atoms with Crippen molar-refractivity contribution in [2.75, 3.05) is 0 Å². The number of hydrogen-bond acceptors (Lipinski definition) is 1. The van der Waals surface area contributed by atoms with Crippen LogP contribution in [0.5, 0.6) is 0 Å². The summed E-state index contributed by atoms with van der Waals surface area (Å²) in [5.41, 5.74) is 3.44. The average molecular weight is 230 g/mol. The largest absolute Gasteiger partial charge is 0.481 e. The molecular weight excluding hydrogens is 212 g/mol. The van der Waals surface area contributed by atoms with Crippen LogP contribution < -0.4 is 0 Å². The van der Waals surface area contributed by atoms with Crippen molar-refractivity contribution in [2.24, 2.45) is 0 Å². The second-order valence-corrected chi connectivity index (χ2v) is 3.97. The van der Waals surface area contributed by atoms with Gasteiger partial charge in [0.2, 0.25) is 0 Å². The Kier molecular flexibility index (Phi) is 5.21. The van der Waals surface area contributed by atoms with Gasteiger partial charge in [-0.2, -0.15) is 0 Å². The van der Waals surface area contributed by atoms with Gasteiger partial charge in [0, 0.05) is 6.42 Å². The van der Waals surface area contributed by atoms with Crippen molar-refractivity contribution in [3.05, 3.63) is 53.6 Å². The number of carboxylic acids is 1. The van der Waals surface area contributed by atoms with Crippen LogP contribution in [0, 0.1) is 0 Å². The molecule has 1 rings (SSSR count). The van der Waals surface area contributed by atoms with E-state index in [-0.39, 0.29) is 6.42 Å². The van der Waals surface area contributed by atoms with Gasteiger partial charge in [0.15, 0.2) is 0 Å². The molecule has 0 radical (unpaired) electrons. The summed E-state index contributed by atoms with van der Waals surface area (Å²) in [6.45, 7) is 4.05. The number of rotatable bonds is 5. The molecule has 2 heteroatoms. The second kappa shape index (κ2) is 6.69. The van der Waals surface area contributed by atoms with E-state index in [2.05, 4.69) is 13.0 Å². The van der Waals surface area contributed by atoms with E-state index in [0.717, 1.165) is 5.56 Å². The molecule has 90 valence electrons. The minimum atomic E-state index is -0.752. The molecule has 0 saturated heterocycles. The molecule has 0 atom stereocenters. The molecule has 0 saturated carbocycles. The molecule has 0 aliphatic carbocycles. The first-order chi connectivity index (χ1) is 8.13. The third-order valence-corrected chi connectivity index (χ3v) is 2.58. The molecule has 0 unspecified atom stereocenters. The number of carbonyl (C=O) groups is 1. The number of aryl methyl sites for hydroxylation is 1. The predicted molar refractivity (Wildman–Crippen MR) is 70.9 cm³/mol. The summed E-state index contributed by atoms with van der Waals surface area (Å²) in [5, 5.41) is 8.60. The highest BCUT2D eigenvalue weighted by molar-refractivity contribution is 5.67. The first-order valence-corrected chi connectivity index (χ1v) is 5.74. The van der Waals surface area contributed by atoms with Crippen molar-refractivity contribution in [2.45, 2.75) is 26.7 Å². The van der Waals surface area contributed by atoms with Crippen LogP contribution in [0.15, 0.2) is 42.5 Å². The van der Waals surface area contributed by atoms with Gasteiger partial charge in [-0.15, -0.1) is 0 Å². The minimum absolute atomic E-state index is 0.187. The van der Waals surface area contributed by atoms with Gasteiger partial charge >= 0.3 is 5.97 Å². The van der Waals surface area contributed by atoms with Gasteiger partial charge in [0.25, 0.3) is 0 Å².